The lowest BCUT2D eigenvalue weighted by molar-refractivity contribution is 0.0700. The van der Waals surface area contributed by atoms with Crippen LogP contribution >= 0.6 is 0 Å². The van der Waals surface area contributed by atoms with Crippen LogP contribution in [0.4, 0.5) is 0 Å². The molecule has 1 N–H and O–H groups in total. The lowest BCUT2D eigenvalue weighted by Gasteiger charge is -2.28. The second kappa shape index (κ2) is 7.30. The highest BCUT2D eigenvalue weighted by Gasteiger charge is 2.25. The minimum absolute atomic E-state index is 0.0866. The lowest BCUT2D eigenvalue weighted by Crippen LogP contribution is -2.39. The Bertz CT molecular complexity index is 1040. The van der Waals surface area contributed by atoms with Crippen molar-refractivity contribution >= 4 is 11.8 Å². The number of amides is 2. The molecule has 8 nitrogen and oxygen atoms in total. The summed E-state index contributed by atoms with van der Waals surface area (Å²) in [7, 11) is 1.84. The van der Waals surface area contributed by atoms with E-state index in [-0.39, 0.29) is 11.8 Å². The molecule has 0 unspecified atom stereocenters. The van der Waals surface area contributed by atoms with Crippen LogP contribution in [0, 0.1) is 6.92 Å². The average molecular weight is 378 g/mol. The normalized spacial score (nSPS) is 13.3. The van der Waals surface area contributed by atoms with Crippen molar-refractivity contribution in [3.05, 3.63) is 71.3 Å². The van der Waals surface area contributed by atoms with Crippen LogP contribution in [0.25, 0.3) is 0 Å². The zero-order chi connectivity index (χ0) is 19.7. The van der Waals surface area contributed by atoms with Crippen LogP contribution in [-0.2, 0) is 26.7 Å². The fraction of sp³-hybridized carbons (Fsp3) is 0.300. The third kappa shape index (κ3) is 3.40. The molecule has 1 aliphatic rings. The molecule has 28 heavy (non-hydrogen) atoms. The van der Waals surface area contributed by atoms with Crippen molar-refractivity contribution in [2.75, 3.05) is 6.54 Å². The van der Waals surface area contributed by atoms with Gasteiger partial charge in [0.25, 0.3) is 11.8 Å². The van der Waals surface area contributed by atoms with Crippen LogP contribution < -0.4 is 5.32 Å². The van der Waals surface area contributed by atoms with Crippen LogP contribution in [0.2, 0.25) is 0 Å². The number of hydrogen-bond donors (Lipinski definition) is 1. The predicted octanol–water partition coefficient (Wildman–Crippen LogP) is 1.51. The molecule has 4 heterocycles. The molecule has 144 valence electrons. The van der Waals surface area contributed by atoms with Crippen LogP contribution in [0.5, 0.6) is 0 Å². The van der Waals surface area contributed by atoms with Crippen LogP contribution in [0.1, 0.15) is 38.2 Å². The summed E-state index contributed by atoms with van der Waals surface area (Å²) in [5.41, 5.74) is 2.81. The molecule has 0 spiro atoms. The quantitative estimate of drug-likeness (QED) is 0.746. The van der Waals surface area contributed by atoms with Crippen molar-refractivity contribution in [2.24, 2.45) is 7.05 Å². The fourth-order valence-corrected chi connectivity index (χ4v) is 3.42. The number of nitrogens with one attached hydrogen (secondary N) is 1. The van der Waals surface area contributed by atoms with Gasteiger partial charge < -0.3 is 19.4 Å². The molecule has 1 aliphatic heterocycles. The van der Waals surface area contributed by atoms with Gasteiger partial charge in [-0.15, -0.1) is 0 Å². The molecule has 0 aliphatic carbocycles. The van der Waals surface area contributed by atoms with E-state index in [2.05, 4.69) is 19.9 Å². The topological polar surface area (TPSA) is 85.0 Å². The summed E-state index contributed by atoms with van der Waals surface area (Å²) >= 11 is 0. The second-order valence-electron chi connectivity index (χ2n) is 6.90. The number of fused-ring (bicyclic) bond motifs is 1. The fourth-order valence-electron chi connectivity index (χ4n) is 3.42. The molecule has 0 saturated carbocycles. The van der Waals surface area contributed by atoms with Gasteiger partial charge in [0.1, 0.15) is 17.2 Å². The third-order valence-electron chi connectivity index (χ3n) is 4.95. The standard InChI is InChI=1S/C20H22N6O2/c1-14-5-3-6-16(23-14)20(28)25-9-10-26-15(11-21-18(26)13-25)12-22-19(27)17-7-4-8-24(17)2/h3-8,11H,9-10,12-13H2,1-2H3,(H,22,27). The highest BCUT2D eigenvalue weighted by molar-refractivity contribution is 5.93. The van der Waals surface area contributed by atoms with E-state index >= 15 is 0 Å². The molecule has 0 radical (unpaired) electrons. The lowest BCUT2D eigenvalue weighted by atomic mass is 10.2. The van der Waals surface area contributed by atoms with Crippen molar-refractivity contribution < 1.29 is 9.59 Å². The first-order valence-corrected chi connectivity index (χ1v) is 9.18. The number of aryl methyl sites for hydroxylation is 2. The highest BCUT2D eigenvalue weighted by atomic mass is 16.2. The van der Waals surface area contributed by atoms with E-state index in [1.807, 2.05) is 38.4 Å². The van der Waals surface area contributed by atoms with Gasteiger partial charge in [0.2, 0.25) is 0 Å². The van der Waals surface area contributed by atoms with E-state index in [1.54, 1.807) is 27.8 Å². The number of pyridine rings is 1. The molecular weight excluding hydrogens is 356 g/mol. The molecule has 8 heteroatoms. The average Bonchev–Trinajstić information content (AvgIpc) is 3.31. The first-order valence-electron chi connectivity index (χ1n) is 9.18. The number of nitrogens with zero attached hydrogens (tertiary/aromatic N) is 5. The Morgan fingerprint density at radius 2 is 2.04 bits per heavy atom. The van der Waals surface area contributed by atoms with Gasteiger partial charge in [0.05, 0.1) is 25.0 Å². The Kier molecular flexibility index (Phi) is 4.68. The summed E-state index contributed by atoms with van der Waals surface area (Å²) < 4.78 is 3.85. The Morgan fingerprint density at radius 1 is 1.18 bits per heavy atom. The molecule has 0 saturated heterocycles. The Morgan fingerprint density at radius 3 is 2.79 bits per heavy atom. The van der Waals surface area contributed by atoms with Gasteiger partial charge in [-0.25, -0.2) is 9.97 Å². The van der Waals surface area contributed by atoms with E-state index in [0.29, 0.717) is 37.6 Å². The number of imidazole rings is 1. The van der Waals surface area contributed by atoms with Gasteiger partial charge >= 0.3 is 0 Å². The highest BCUT2D eigenvalue weighted by Crippen LogP contribution is 2.16. The van der Waals surface area contributed by atoms with Crippen LogP contribution in [0.15, 0.2) is 42.7 Å². The van der Waals surface area contributed by atoms with Gasteiger partial charge in [0, 0.05) is 32.0 Å². The predicted molar refractivity (Wildman–Crippen MR) is 103 cm³/mol. The molecule has 2 amide bonds. The summed E-state index contributed by atoms with van der Waals surface area (Å²) in [4.78, 5) is 35.5. The van der Waals surface area contributed by atoms with Crippen molar-refractivity contribution in [1.82, 2.24) is 29.3 Å². The number of carbonyl (C=O) groups is 2. The van der Waals surface area contributed by atoms with Crippen molar-refractivity contribution in [1.29, 1.82) is 0 Å². The molecule has 0 bridgehead atoms. The van der Waals surface area contributed by atoms with Gasteiger partial charge in [-0.2, -0.15) is 0 Å². The van der Waals surface area contributed by atoms with Gasteiger partial charge in [0.15, 0.2) is 0 Å². The number of hydrogen-bond acceptors (Lipinski definition) is 4. The van der Waals surface area contributed by atoms with E-state index in [4.69, 9.17) is 0 Å². The van der Waals surface area contributed by atoms with Crippen molar-refractivity contribution in [3.63, 3.8) is 0 Å². The molecule has 0 atom stereocenters. The number of carbonyl (C=O) groups excluding carboxylic acids is 2. The van der Waals surface area contributed by atoms with E-state index in [0.717, 1.165) is 17.2 Å². The van der Waals surface area contributed by atoms with Crippen LogP contribution in [-0.4, -0.2) is 42.4 Å². The van der Waals surface area contributed by atoms with Crippen molar-refractivity contribution in [2.45, 2.75) is 26.6 Å². The minimum atomic E-state index is -0.124. The molecule has 0 aromatic carbocycles. The zero-order valence-corrected chi connectivity index (χ0v) is 15.9. The first kappa shape index (κ1) is 18.0. The summed E-state index contributed by atoms with van der Waals surface area (Å²) in [6.45, 7) is 3.92. The largest absolute Gasteiger partial charge is 0.347 e. The summed E-state index contributed by atoms with van der Waals surface area (Å²) in [6.07, 6.45) is 3.60. The molecular formula is C20H22N6O2. The zero-order valence-electron chi connectivity index (χ0n) is 15.9. The van der Waals surface area contributed by atoms with Crippen LogP contribution in [0.3, 0.4) is 0 Å². The van der Waals surface area contributed by atoms with E-state index in [1.165, 1.54) is 0 Å². The minimum Gasteiger partial charge on any atom is -0.347 e. The second-order valence-corrected chi connectivity index (χ2v) is 6.90. The number of aromatic nitrogens is 4. The molecule has 3 aromatic rings. The molecule has 4 rings (SSSR count). The van der Waals surface area contributed by atoms with Gasteiger partial charge in [-0.3, -0.25) is 9.59 Å². The smallest absolute Gasteiger partial charge is 0.272 e. The summed E-state index contributed by atoms with van der Waals surface area (Å²) in [6, 6.07) is 9.07. The Balaban J connectivity index is 1.43. The Hall–Kier alpha value is -3.42. The maximum atomic E-state index is 12.7. The van der Waals surface area contributed by atoms with E-state index in [9.17, 15) is 9.59 Å². The third-order valence-corrected chi connectivity index (χ3v) is 4.95. The maximum Gasteiger partial charge on any atom is 0.272 e. The van der Waals surface area contributed by atoms with Gasteiger partial charge in [-0.1, -0.05) is 6.07 Å². The molecule has 0 fully saturated rings. The maximum absolute atomic E-state index is 12.7. The summed E-state index contributed by atoms with van der Waals surface area (Å²) in [5.74, 6) is 0.605. The SMILES string of the molecule is Cc1cccc(C(=O)N2CCn3c(CNC(=O)c4cccn4C)cnc3C2)n1. The Labute approximate surface area is 162 Å². The first-order chi connectivity index (χ1) is 13.5. The summed E-state index contributed by atoms with van der Waals surface area (Å²) in [5, 5.41) is 2.93. The number of rotatable bonds is 4. The monoisotopic (exact) mass is 378 g/mol. The van der Waals surface area contributed by atoms with Gasteiger partial charge in [-0.05, 0) is 31.2 Å². The van der Waals surface area contributed by atoms with E-state index < -0.39 is 0 Å². The molecule has 3 aromatic heterocycles. The van der Waals surface area contributed by atoms with Crippen molar-refractivity contribution in [3.8, 4) is 0 Å².